The van der Waals surface area contributed by atoms with Crippen LogP contribution >= 0.6 is 0 Å². The van der Waals surface area contributed by atoms with Crippen molar-refractivity contribution in [2.75, 3.05) is 20.2 Å². The standard InChI is InChI=1S/C19H25F3N4O3/c1-8-14-12(17(27)24-18(28)26(14)10-4-5-10)16(29-3)13(20)15(8)25-6-11(9(2)23)19(21,22)7-25/h9-11,13,15H,4-7,23H2,1-3H3,(H,24,27,28). The third-order valence-electron chi connectivity index (χ3n) is 6.28. The van der Waals surface area contributed by atoms with Gasteiger partial charge in [-0.25, -0.2) is 18.0 Å². The number of nitrogens with zero attached hydrogens (tertiary/aromatic N) is 2. The molecular weight excluding hydrogens is 389 g/mol. The lowest BCUT2D eigenvalue weighted by atomic mass is 9.94. The Morgan fingerprint density at radius 3 is 2.48 bits per heavy atom. The molecule has 2 heterocycles. The minimum absolute atomic E-state index is 0.0325. The number of likely N-dealkylation sites (tertiary alicyclic amines) is 1. The highest BCUT2D eigenvalue weighted by Crippen LogP contribution is 2.39. The number of aromatic nitrogens is 2. The molecule has 0 spiro atoms. The molecule has 2 aliphatic carbocycles. The van der Waals surface area contributed by atoms with Gasteiger partial charge in [-0.1, -0.05) is 0 Å². The molecule has 4 atom stereocenters. The van der Waals surface area contributed by atoms with Crippen molar-refractivity contribution in [2.45, 2.75) is 56.9 Å². The van der Waals surface area contributed by atoms with E-state index in [4.69, 9.17) is 10.5 Å². The minimum atomic E-state index is -3.06. The summed E-state index contributed by atoms with van der Waals surface area (Å²) in [6.07, 6.45) is -0.306. The van der Waals surface area contributed by atoms with Crippen LogP contribution < -0.4 is 27.6 Å². The molecule has 4 rings (SSSR count). The quantitative estimate of drug-likeness (QED) is 0.689. The first-order valence-corrected chi connectivity index (χ1v) is 9.73. The molecule has 1 aliphatic heterocycles. The first-order valence-electron chi connectivity index (χ1n) is 9.73. The molecule has 160 valence electrons. The first kappa shape index (κ1) is 20.2. The molecule has 2 fully saturated rings. The predicted octanol–water partition coefficient (Wildman–Crippen LogP) is -0.569. The van der Waals surface area contributed by atoms with Crippen molar-refractivity contribution < 1.29 is 17.9 Å². The Hall–Kier alpha value is -2.07. The molecule has 10 heteroatoms. The lowest BCUT2D eigenvalue weighted by Crippen LogP contribution is -2.61. The Balaban J connectivity index is 1.96. The molecule has 0 aromatic carbocycles. The van der Waals surface area contributed by atoms with E-state index in [1.165, 1.54) is 23.5 Å². The van der Waals surface area contributed by atoms with Crippen LogP contribution in [0.4, 0.5) is 13.2 Å². The van der Waals surface area contributed by atoms with Crippen LogP contribution in [0.5, 0.6) is 0 Å². The van der Waals surface area contributed by atoms with Gasteiger partial charge in [0.05, 0.1) is 31.0 Å². The van der Waals surface area contributed by atoms with Crippen LogP contribution in [0.25, 0.3) is 11.3 Å². The van der Waals surface area contributed by atoms with E-state index in [1.807, 2.05) is 0 Å². The first-order chi connectivity index (χ1) is 13.6. The van der Waals surface area contributed by atoms with Crippen molar-refractivity contribution >= 4 is 11.3 Å². The van der Waals surface area contributed by atoms with E-state index in [0.717, 1.165) is 12.8 Å². The monoisotopic (exact) mass is 414 g/mol. The Kier molecular flexibility index (Phi) is 4.69. The van der Waals surface area contributed by atoms with Crippen LogP contribution in [-0.4, -0.2) is 58.8 Å². The van der Waals surface area contributed by atoms with Gasteiger partial charge in [-0.2, -0.15) is 0 Å². The zero-order chi connectivity index (χ0) is 21.2. The van der Waals surface area contributed by atoms with Gasteiger partial charge in [0.15, 0.2) is 6.17 Å². The van der Waals surface area contributed by atoms with Crippen LogP contribution in [0, 0.1) is 5.92 Å². The average Bonchev–Trinajstić information content (AvgIpc) is 3.39. The van der Waals surface area contributed by atoms with E-state index >= 15 is 4.39 Å². The maximum atomic E-state index is 15.6. The number of ether oxygens (including phenoxy) is 1. The Labute approximate surface area is 164 Å². The van der Waals surface area contributed by atoms with Crippen LogP contribution in [-0.2, 0) is 4.74 Å². The summed E-state index contributed by atoms with van der Waals surface area (Å²) in [7, 11) is 1.23. The average molecular weight is 414 g/mol. The molecule has 1 saturated carbocycles. The van der Waals surface area contributed by atoms with Gasteiger partial charge in [-0.05, 0) is 32.3 Å². The molecule has 0 bridgehead atoms. The van der Waals surface area contributed by atoms with Gasteiger partial charge in [0.2, 0.25) is 0 Å². The largest absolute Gasteiger partial charge is 0.497 e. The van der Waals surface area contributed by atoms with Crippen molar-refractivity contribution in [2.24, 2.45) is 11.7 Å². The van der Waals surface area contributed by atoms with E-state index in [1.54, 1.807) is 6.92 Å². The molecule has 0 radical (unpaired) electrons. The van der Waals surface area contributed by atoms with Crippen molar-refractivity contribution in [3.8, 4) is 0 Å². The summed E-state index contributed by atoms with van der Waals surface area (Å²) >= 11 is 0. The van der Waals surface area contributed by atoms with Gasteiger partial charge in [0, 0.05) is 18.6 Å². The van der Waals surface area contributed by atoms with Gasteiger partial charge in [0.25, 0.3) is 11.5 Å². The van der Waals surface area contributed by atoms with Crippen LogP contribution in [0.3, 0.4) is 0 Å². The topological polar surface area (TPSA) is 93.3 Å². The zero-order valence-corrected chi connectivity index (χ0v) is 16.5. The fourth-order valence-electron chi connectivity index (χ4n) is 4.76. The number of hydrogen-bond donors (Lipinski definition) is 2. The van der Waals surface area contributed by atoms with E-state index in [0.29, 0.717) is 5.57 Å². The highest BCUT2D eigenvalue weighted by molar-refractivity contribution is 5.61. The summed E-state index contributed by atoms with van der Waals surface area (Å²) < 4.78 is 51.3. The maximum absolute atomic E-state index is 15.6. The maximum Gasteiger partial charge on any atom is 0.329 e. The second-order valence-electron chi connectivity index (χ2n) is 8.34. The summed E-state index contributed by atoms with van der Waals surface area (Å²) in [5.41, 5.74) is 4.81. The van der Waals surface area contributed by atoms with E-state index < -0.39 is 47.9 Å². The minimum Gasteiger partial charge on any atom is -0.497 e. The summed E-state index contributed by atoms with van der Waals surface area (Å²) in [5, 5.41) is 0.250. The summed E-state index contributed by atoms with van der Waals surface area (Å²) in [4.78, 5) is 28.6. The van der Waals surface area contributed by atoms with Gasteiger partial charge in [-0.3, -0.25) is 19.2 Å². The number of fused-ring (bicyclic) bond motifs is 1. The fourth-order valence-corrected chi connectivity index (χ4v) is 4.76. The van der Waals surface area contributed by atoms with Gasteiger partial charge in [-0.15, -0.1) is 0 Å². The molecular formula is C19H25F3N4O3. The van der Waals surface area contributed by atoms with E-state index in [-0.39, 0.29) is 28.9 Å². The van der Waals surface area contributed by atoms with Crippen molar-refractivity contribution in [1.82, 2.24) is 14.5 Å². The molecule has 3 N–H and O–H groups in total. The number of rotatable bonds is 4. The summed E-state index contributed by atoms with van der Waals surface area (Å²) in [6, 6.07) is -1.93. The van der Waals surface area contributed by atoms with E-state index in [2.05, 4.69) is 4.98 Å². The third kappa shape index (κ3) is 3.04. The predicted molar refractivity (Wildman–Crippen MR) is 101 cm³/mol. The Bertz CT molecular complexity index is 1070. The fraction of sp³-hybridized carbons (Fsp3) is 0.684. The molecule has 0 amide bonds. The highest BCUT2D eigenvalue weighted by Gasteiger charge is 2.53. The summed E-state index contributed by atoms with van der Waals surface area (Å²) in [6.45, 7) is 2.37. The second-order valence-corrected chi connectivity index (χ2v) is 8.34. The number of methoxy groups -OCH3 is 1. The van der Waals surface area contributed by atoms with E-state index in [9.17, 15) is 18.4 Å². The molecule has 4 unspecified atom stereocenters. The van der Waals surface area contributed by atoms with Gasteiger partial charge in [0.1, 0.15) is 11.0 Å². The molecule has 1 saturated heterocycles. The van der Waals surface area contributed by atoms with Crippen LogP contribution in [0.2, 0.25) is 0 Å². The normalized spacial score (nSPS) is 30.4. The van der Waals surface area contributed by atoms with Gasteiger partial charge < -0.3 is 10.5 Å². The number of nitrogens with one attached hydrogen (secondary N) is 1. The highest BCUT2D eigenvalue weighted by atomic mass is 19.3. The number of hydrogen-bond acceptors (Lipinski definition) is 5. The smallest absolute Gasteiger partial charge is 0.329 e. The van der Waals surface area contributed by atoms with Crippen LogP contribution in [0.1, 0.15) is 32.7 Å². The molecule has 3 aliphatic rings. The molecule has 1 aromatic rings. The third-order valence-corrected chi connectivity index (χ3v) is 6.28. The van der Waals surface area contributed by atoms with Crippen molar-refractivity contribution in [1.29, 1.82) is 0 Å². The number of halogens is 3. The van der Waals surface area contributed by atoms with Crippen molar-refractivity contribution in [3.05, 3.63) is 31.4 Å². The lowest BCUT2D eigenvalue weighted by molar-refractivity contribution is -0.0345. The number of aromatic amines is 1. The number of alkyl halides is 3. The number of nitrogens with two attached hydrogens (primary N) is 1. The zero-order valence-electron chi connectivity index (χ0n) is 16.5. The molecule has 7 nitrogen and oxygen atoms in total. The number of H-pyrrole nitrogens is 1. The molecule has 1 aromatic heterocycles. The molecule has 29 heavy (non-hydrogen) atoms. The SMILES string of the molecule is COC1=c2c(=O)[nH]c(=O)n(C3CC3)c2=C(C)C(N2CC(C(C)N)C(F)(F)C2)C1F. The summed E-state index contributed by atoms with van der Waals surface area (Å²) in [5.74, 6) is -4.41. The van der Waals surface area contributed by atoms with Crippen LogP contribution in [0.15, 0.2) is 9.59 Å². The lowest BCUT2D eigenvalue weighted by Gasteiger charge is -2.34. The second kappa shape index (κ2) is 6.73. The Morgan fingerprint density at radius 2 is 1.97 bits per heavy atom. The van der Waals surface area contributed by atoms with Crippen molar-refractivity contribution in [3.63, 3.8) is 0 Å². The Morgan fingerprint density at radius 1 is 1.31 bits per heavy atom. The van der Waals surface area contributed by atoms with Gasteiger partial charge >= 0.3 is 5.69 Å².